The molecule has 6 heteroatoms. The van der Waals surface area contributed by atoms with Crippen LogP contribution in [0.3, 0.4) is 0 Å². The van der Waals surface area contributed by atoms with Crippen molar-refractivity contribution in [2.45, 2.75) is 19.8 Å². The van der Waals surface area contributed by atoms with E-state index in [1.807, 2.05) is 31.2 Å². The van der Waals surface area contributed by atoms with Gasteiger partial charge in [0.05, 0.1) is 5.69 Å². The maximum absolute atomic E-state index is 12.4. The largest absolute Gasteiger partial charge is 0.352 e. The van der Waals surface area contributed by atoms with Crippen LogP contribution in [-0.2, 0) is 0 Å². The van der Waals surface area contributed by atoms with E-state index >= 15 is 0 Å². The van der Waals surface area contributed by atoms with Crippen molar-refractivity contribution in [1.82, 2.24) is 25.5 Å². The maximum atomic E-state index is 12.4. The molecule has 2 aliphatic rings. The number of aryl methyl sites for hydroxylation is 1. The van der Waals surface area contributed by atoms with Crippen molar-refractivity contribution < 1.29 is 4.79 Å². The Morgan fingerprint density at radius 3 is 2.96 bits per heavy atom. The lowest BCUT2D eigenvalue weighted by Crippen LogP contribution is -2.31. The summed E-state index contributed by atoms with van der Waals surface area (Å²) in [5, 5.41) is 14.5. The van der Waals surface area contributed by atoms with Crippen molar-refractivity contribution in [3.05, 3.63) is 47.8 Å². The molecular weight excluding hydrogens is 290 g/mol. The molecule has 23 heavy (non-hydrogen) atoms. The molecule has 0 spiro atoms. The number of nitrogens with zero attached hydrogens (tertiary/aromatic N) is 4. The average molecular weight is 309 g/mol. The Hall–Kier alpha value is -2.50. The smallest absolute Gasteiger partial charge is 0.251 e. The van der Waals surface area contributed by atoms with Crippen LogP contribution in [0.25, 0.3) is 5.69 Å². The van der Waals surface area contributed by atoms with E-state index in [1.165, 1.54) is 12.8 Å². The second kappa shape index (κ2) is 5.61. The highest BCUT2D eigenvalue weighted by atomic mass is 16.1. The monoisotopic (exact) mass is 309 g/mol. The second-order valence-electron chi connectivity index (χ2n) is 6.44. The second-order valence-corrected chi connectivity index (χ2v) is 6.44. The van der Waals surface area contributed by atoms with Crippen molar-refractivity contribution >= 4 is 5.91 Å². The molecule has 1 N–H and O–H groups in total. The first-order chi connectivity index (χ1) is 11.2. The van der Waals surface area contributed by atoms with E-state index in [9.17, 15) is 4.79 Å². The van der Waals surface area contributed by atoms with E-state index in [4.69, 9.17) is 0 Å². The molecule has 1 aromatic carbocycles. The van der Waals surface area contributed by atoms with Crippen molar-refractivity contribution in [2.24, 2.45) is 17.8 Å². The van der Waals surface area contributed by atoms with Gasteiger partial charge in [0.25, 0.3) is 5.91 Å². The minimum atomic E-state index is -0.0377. The third kappa shape index (κ3) is 2.65. The summed E-state index contributed by atoms with van der Waals surface area (Å²) in [4.78, 5) is 12.4. The minimum absolute atomic E-state index is 0.0377. The molecule has 3 atom stereocenters. The summed E-state index contributed by atoms with van der Waals surface area (Å²) in [5.74, 6) is 2.61. The summed E-state index contributed by atoms with van der Waals surface area (Å²) in [6, 6.07) is 7.38. The predicted molar refractivity (Wildman–Crippen MR) is 85.1 cm³/mol. The fourth-order valence-corrected chi connectivity index (χ4v) is 3.70. The van der Waals surface area contributed by atoms with Crippen molar-refractivity contribution in [2.75, 3.05) is 6.54 Å². The lowest BCUT2D eigenvalue weighted by molar-refractivity contribution is 0.0945. The summed E-state index contributed by atoms with van der Waals surface area (Å²) < 4.78 is 1.62. The van der Waals surface area contributed by atoms with Gasteiger partial charge in [-0.25, -0.2) is 0 Å². The zero-order chi connectivity index (χ0) is 15.8. The summed E-state index contributed by atoms with van der Waals surface area (Å²) >= 11 is 0. The summed E-state index contributed by atoms with van der Waals surface area (Å²) in [6.45, 7) is 2.58. The molecule has 1 saturated carbocycles. The molecule has 2 aliphatic carbocycles. The third-order valence-electron chi connectivity index (χ3n) is 4.92. The third-order valence-corrected chi connectivity index (χ3v) is 4.92. The number of fused-ring (bicyclic) bond motifs is 2. The van der Waals surface area contributed by atoms with Gasteiger partial charge >= 0.3 is 0 Å². The molecule has 2 bridgehead atoms. The number of nitrogens with one attached hydrogen (secondary N) is 1. The van der Waals surface area contributed by atoms with E-state index in [-0.39, 0.29) is 5.91 Å². The Kier molecular flexibility index (Phi) is 3.44. The molecule has 1 heterocycles. The molecular formula is C17H19N5O. The summed E-state index contributed by atoms with van der Waals surface area (Å²) in [7, 11) is 0. The number of carbonyl (C=O) groups is 1. The van der Waals surface area contributed by atoms with Crippen LogP contribution in [0.4, 0.5) is 0 Å². The van der Waals surface area contributed by atoms with Gasteiger partial charge in [-0.1, -0.05) is 18.2 Å². The van der Waals surface area contributed by atoms with Gasteiger partial charge < -0.3 is 5.32 Å². The quantitative estimate of drug-likeness (QED) is 0.876. The highest BCUT2D eigenvalue weighted by Gasteiger charge is 2.35. The van der Waals surface area contributed by atoms with Gasteiger partial charge in [-0.05, 0) is 66.1 Å². The topological polar surface area (TPSA) is 72.7 Å². The fraction of sp³-hybridized carbons (Fsp3) is 0.412. The lowest BCUT2D eigenvalue weighted by atomic mass is 9.93. The van der Waals surface area contributed by atoms with Crippen LogP contribution < -0.4 is 5.32 Å². The molecule has 2 aromatic rings. The number of hydrogen-bond donors (Lipinski definition) is 1. The lowest BCUT2D eigenvalue weighted by Gasteiger charge is -2.18. The first-order valence-corrected chi connectivity index (χ1v) is 8.02. The molecule has 1 amide bonds. The van der Waals surface area contributed by atoms with Gasteiger partial charge in [0.1, 0.15) is 0 Å². The van der Waals surface area contributed by atoms with Gasteiger partial charge in [0.15, 0.2) is 5.82 Å². The Bertz CT molecular complexity index is 766. The van der Waals surface area contributed by atoms with Gasteiger partial charge in [0.2, 0.25) is 0 Å². The van der Waals surface area contributed by atoms with E-state index < -0.39 is 0 Å². The predicted octanol–water partition coefficient (Wildman–Crippen LogP) is 1.91. The van der Waals surface area contributed by atoms with Crippen molar-refractivity contribution in [3.63, 3.8) is 0 Å². The number of hydrogen-bond acceptors (Lipinski definition) is 4. The molecule has 0 radical (unpaired) electrons. The van der Waals surface area contributed by atoms with Crippen LogP contribution in [0.2, 0.25) is 0 Å². The van der Waals surface area contributed by atoms with Crippen LogP contribution in [0.15, 0.2) is 36.4 Å². The first-order valence-electron chi connectivity index (χ1n) is 8.02. The minimum Gasteiger partial charge on any atom is -0.352 e. The molecule has 6 nitrogen and oxygen atoms in total. The molecule has 118 valence electrons. The molecule has 1 fully saturated rings. The molecule has 1 aromatic heterocycles. The maximum Gasteiger partial charge on any atom is 0.251 e. The van der Waals surface area contributed by atoms with Gasteiger partial charge in [-0.2, -0.15) is 4.68 Å². The average Bonchev–Trinajstić information content (AvgIpc) is 3.29. The number of rotatable bonds is 4. The van der Waals surface area contributed by atoms with Crippen LogP contribution in [0, 0.1) is 24.7 Å². The van der Waals surface area contributed by atoms with Crippen LogP contribution in [-0.4, -0.2) is 32.7 Å². The fourth-order valence-electron chi connectivity index (χ4n) is 3.70. The Morgan fingerprint density at radius 2 is 2.26 bits per heavy atom. The van der Waals surface area contributed by atoms with Crippen LogP contribution >= 0.6 is 0 Å². The zero-order valence-electron chi connectivity index (χ0n) is 13.0. The molecule has 0 aliphatic heterocycles. The molecule has 4 rings (SSSR count). The number of amides is 1. The van der Waals surface area contributed by atoms with Gasteiger partial charge in [0, 0.05) is 12.1 Å². The molecule has 0 saturated heterocycles. The van der Waals surface area contributed by atoms with Gasteiger partial charge in [-0.3, -0.25) is 4.79 Å². The Morgan fingerprint density at radius 1 is 1.35 bits per heavy atom. The van der Waals surface area contributed by atoms with E-state index in [0.29, 0.717) is 23.2 Å². The van der Waals surface area contributed by atoms with Crippen LogP contribution in [0.5, 0.6) is 0 Å². The van der Waals surface area contributed by atoms with Gasteiger partial charge in [-0.15, -0.1) is 5.10 Å². The van der Waals surface area contributed by atoms with E-state index in [0.717, 1.165) is 18.2 Å². The van der Waals surface area contributed by atoms with E-state index in [2.05, 4.69) is 33.0 Å². The Balaban J connectivity index is 1.44. The zero-order valence-corrected chi connectivity index (χ0v) is 13.0. The standard InChI is InChI=1S/C17H19N5O/c1-11-19-20-21-22(11)16-4-2-3-14(9-16)17(23)18-10-15-8-12-5-6-13(15)7-12/h2-6,9,12-13,15H,7-8,10H2,1H3,(H,18,23)/t12-,13-,15-/m0/s1. The number of carbonyl (C=O) groups excluding carboxylic acids is 1. The number of tetrazole rings is 1. The highest BCUT2D eigenvalue weighted by molar-refractivity contribution is 5.94. The van der Waals surface area contributed by atoms with Crippen LogP contribution in [0.1, 0.15) is 29.0 Å². The summed E-state index contributed by atoms with van der Waals surface area (Å²) in [6.07, 6.45) is 7.09. The van der Waals surface area contributed by atoms with E-state index in [1.54, 1.807) is 4.68 Å². The first kappa shape index (κ1) is 14.1. The summed E-state index contributed by atoms with van der Waals surface area (Å²) in [5.41, 5.74) is 1.43. The number of allylic oxidation sites excluding steroid dienone is 2. The number of aromatic nitrogens is 4. The normalized spacial score (nSPS) is 25.0. The molecule has 0 unspecified atom stereocenters. The van der Waals surface area contributed by atoms with Crippen molar-refractivity contribution in [1.29, 1.82) is 0 Å². The Labute approximate surface area is 134 Å². The highest BCUT2D eigenvalue weighted by Crippen LogP contribution is 2.42. The SMILES string of the molecule is Cc1nnnn1-c1cccc(C(=O)NC[C@@H]2C[C@H]3C=C[C@H]2C3)c1. The number of benzene rings is 1. The van der Waals surface area contributed by atoms with Crippen molar-refractivity contribution in [3.8, 4) is 5.69 Å².